The molecule has 0 aliphatic carbocycles. The van der Waals surface area contributed by atoms with Crippen molar-refractivity contribution in [2.24, 2.45) is 0 Å². The van der Waals surface area contributed by atoms with Crippen LogP contribution in [0.2, 0.25) is 0 Å². The second kappa shape index (κ2) is 14.4. The van der Waals surface area contributed by atoms with Crippen LogP contribution in [0.4, 0.5) is 0 Å². The van der Waals surface area contributed by atoms with E-state index in [1.165, 1.54) is 5.56 Å². The minimum Gasteiger partial charge on any atom is -0.483 e. The summed E-state index contributed by atoms with van der Waals surface area (Å²) in [6.45, 7) is 4.35. The van der Waals surface area contributed by atoms with Gasteiger partial charge in [-0.05, 0) is 23.6 Å². The number of pyridine rings is 1. The van der Waals surface area contributed by atoms with Crippen LogP contribution in [0, 0.1) is 0 Å². The lowest BCUT2D eigenvalue weighted by atomic mass is 10.1. The molecule has 0 radical (unpaired) electrons. The molecule has 0 fully saturated rings. The van der Waals surface area contributed by atoms with Crippen molar-refractivity contribution in [1.29, 1.82) is 0 Å². The van der Waals surface area contributed by atoms with Crippen molar-refractivity contribution in [3.05, 3.63) is 77.6 Å². The highest BCUT2D eigenvalue weighted by atomic mass is 16.5. The molecule has 1 aliphatic heterocycles. The van der Waals surface area contributed by atoms with E-state index in [0.717, 1.165) is 49.8 Å². The van der Waals surface area contributed by atoms with Gasteiger partial charge in [0.2, 0.25) is 0 Å². The first-order valence-electron chi connectivity index (χ1n) is 10.0. The van der Waals surface area contributed by atoms with Gasteiger partial charge in [0.25, 0.3) is 12.9 Å². The Morgan fingerprint density at radius 2 is 1.66 bits per heavy atom. The van der Waals surface area contributed by atoms with Crippen molar-refractivity contribution in [1.82, 2.24) is 24.6 Å². The molecule has 0 bridgehead atoms. The molecule has 0 spiro atoms. The number of hydrogen-bond acceptors (Lipinski definition) is 7. The van der Waals surface area contributed by atoms with Crippen LogP contribution < -0.4 is 0 Å². The summed E-state index contributed by atoms with van der Waals surface area (Å²) in [6, 6.07) is 14.6. The van der Waals surface area contributed by atoms with E-state index in [1.807, 2.05) is 18.3 Å². The lowest BCUT2D eigenvalue weighted by molar-refractivity contribution is -0.123. The maximum Gasteiger partial charge on any atom is 0.290 e. The summed E-state index contributed by atoms with van der Waals surface area (Å²) in [5, 5.41) is 22.5. The Morgan fingerprint density at radius 1 is 0.938 bits per heavy atom. The number of carbonyl (C=O) groups is 2. The minimum atomic E-state index is -0.250. The maximum absolute atomic E-state index is 8.36. The van der Waals surface area contributed by atoms with Crippen molar-refractivity contribution in [3.63, 3.8) is 0 Å². The van der Waals surface area contributed by atoms with Crippen molar-refractivity contribution in [3.8, 4) is 0 Å². The Morgan fingerprint density at radius 3 is 2.34 bits per heavy atom. The first-order chi connectivity index (χ1) is 15.7. The van der Waals surface area contributed by atoms with E-state index in [2.05, 4.69) is 55.0 Å². The third kappa shape index (κ3) is 8.25. The highest BCUT2D eigenvalue weighted by Crippen LogP contribution is 2.14. The molecule has 2 aromatic heterocycles. The van der Waals surface area contributed by atoms with Crippen LogP contribution in [0.5, 0.6) is 0 Å². The maximum atomic E-state index is 8.36. The molecule has 2 N–H and O–H groups in total. The summed E-state index contributed by atoms with van der Waals surface area (Å²) in [7, 11) is 0. The number of rotatable bonds is 7. The zero-order valence-electron chi connectivity index (χ0n) is 17.7. The average molecular weight is 441 g/mol. The second-order valence-corrected chi connectivity index (χ2v) is 6.76. The molecular weight excluding hydrogens is 414 g/mol. The number of aromatic nitrogens is 4. The van der Waals surface area contributed by atoms with E-state index >= 15 is 0 Å². The molecule has 3 heterocycles. The molecule has 0 saturated carbocycles. The molecule has 0 saturated heterocycles. The Balaban J connectivity index is 0.000000547. The molecule has 170 valence electrons. The number of ether oxygens (including phenoxy) is 1. The first kappa shape index (κ1) is 24.6. The average Bonchev–Trinajstić information content (AvgIpc) is 3.22. The molecule has 0 unspecified atom stereocenters. The zero-order valence-corrected chi connectivity index (χ0v) is 17.7. The Labute approximate surface area is 186 Å². The number of benzene rings is 1. The summed E-state index contributed by atoms with van der Waals surface area (Å²) < 4.78 is 7.98. The van der Waals surface area contributed by atoms with Gasteiger partial charge in [0.1, 0.15) is 12.4 Å². The Hall–Kier alpha value is -3.63. The normalized spacial score (nSPS) is 12.4. The summed E-state index contributed by atoms with van der Waals surface area (Å²) in [5.41, 5.74) is 2.45. The third-order valence-electron chi connectivity index (χ3n) is 4.69. The standard InChI is InChI=1S/C20H23N5O.2CH2O2/c1-2-5-17(6-3-1)8-10-24-11-12-25-19(14-24)22-23-20(25)16-26-15-18-7-4-9-21-13-18;2*2-1-3/h1-7,9,13H,8,10-12,14-16H2;2*1H,(H,2,3). The van der Waals surface area contributed by atoms with Crippen LogP contribution in [0.1, 0.15) is 22.8 Å². The number of carboxylic acid groups (broad SMARTS) is 2. The Kier molecular flexibility index (Phi) is 11.1. The molecule has 0 amide bonds. The van der Waals surface area contributed by atoms with E-state index in [1.54, 1.807) is 6.20 Å². The molecule has 4 rings (SSSR count). The summed E-state index contributed by atoms with van der Waals surface area (Å²) >= 11 is 0. The van der Waals surface area contributed by atoms with Gasteiger partial charge in [0, 0.05) is 32.0 Å². The van der Waals surface area contributed by atoms with Gasteiger partial charge in [0.05, 0.1) is 13.2 Å². The lowest BCUT2D eigenvalue weighted by Gasteiger charge is -2.27. The predicted molar refractivity (Wildman–Crippen MR) is 116 cm³/mol. The van der Waals surface area contributed by atoms with Gasteiger partial charge in [-0.25, -0.2) is 0 Å². The van der Waals surface area contributed by atoms with Crippen molar-refractivity contribution in [2.75, 3.05) is 13.1 Å². The van der Waals surface area contributed by atoms with Crippen LogP contribution in [-0.4, -0.2) is 60.9 Å². The van der Waals surface area contributed by atoms with Gasteiger partial charge in [0.15, 0.2) is 5.82 Å². The minimum absolute atomic E-state index is 0.250. The van der Waals surface area contributed by atoms with E-state index in [-0.39, 0.29) is 12.9 Å². The highest BCUT2D eigenvalue weighted by molar-refractivity contribution is 5.33. The molecule has 1 aromatic carbocycles. The summed E-state index contributed by atoms with van der Waals surface area (Å²) in [4.78, 5) is 23.3. The van der Waals surface area contributed by atoms with Crippen LogP contribution in [0.3, 0.4) is 0 Å². The number of hydrogen-bond donors (Lipinski definition) is 2. The van der Waals surface area contributed by atoms with Crippen LogP contribution in [-0.2, 0) is 47.1 Å². The van der Waals surface area contributed by atoms with Crippen LogP contribution in [0.15, 0.2) is 54.9 Å². The van der Waals surface area contributed by atoms with E-state index in [4.69, 9.17) is 24.5 Å². The quantitative estimate of drug-likeness (QED) is 0.527. The SMILES string of the molecule is O=CO.O=CO.c1ccc(CCN2CCn3c(COCc4cccnc4)nnc3C2)cc1. The van der Waals surface area contributed by atoms with Gasteiger partial charge >= 0.3 is 0 Å². The summed E-state index contributed by atoms with van der Waals surface area (Å²) in [6.07, 6.45) is 4.65. The molecule has 10 heteroatoms. The third-order valence-corrected chi connectivity index (χ3v) is 4.69. The fourth-order valence-corrected chi connectivity index (χ4v) is 3.24. The van der Waals surface area contributed by atoms with E-state index in [9.17, 15) is 0 Å². The Bertz CT molecular complexity index is 915. The van der Waals surface area contributed by atoms with Crippen LogP contribution >= 0.6 is 0 Å². The van der Waals surface area contributed by atoms with Gasteiger partial charge in [-0.3, -0.25) is 19.5 Å². The van der Waals surface area contributed by atoms with E-state index in [0.29, 0.717) is 13.2 Å². The van der Waals surface area contributed by atoms with Gasteiger partial charge in [-0.2, -0.15) is 0 Å². The van der Waals surface area contributed by atoms with Crippen molar-refractivity contribution >= 4 is 12.9 Å². The van der Waals surface area contributed by atoms with Crippen LogP contribution in [0.25, 0.3) is 0 Å². The first-order valence-corrected chi connectivity index (χ1v) is 10.0. The van der Waals surface area contributed by atoms with E-state index < -0.39 is 0 Å². The monoisotopic (exact) mass is 441 g/mol. The molecule has 1 aliphatic rings. The number of nitrogens with zero attached hydrogens (tertiary/aromatic N) is 5. The fraction of sp³-hybridized carbons (Fsp3) is 0.318. The zero-order chi connectivity index (χ0) is 23.0. The molecule has 0 atom stereocenters. The topological polar surface area (TPSA) is 131 Å². The van der Waals surface area contributed by atoms with Gasteiger partial charge < -0.3 is 19.5 Å². The fourth-order valence-electron chi connectivity index (χ4n) is 3.24. The second-order valence-electron chi connectivity index (χ2n) is 6.76. The molecule has 10 nitrogen and oxygen atoms in total. The molecule has 3 aromatic rings. The van der Waals surface area contributed by atoms with Crippen molar-refractivity contribution in [2.45, 2.75) is 32.7 Å². The smallest absolute Gasteiger partial charge is 0.290 e. The summed E-state index contributed by atoms with van der Waals surface area (Å²) in [5.74, 6) is 1.94. The van der Waals surface area contributed by atoms with Gasteiger partial charge in [-0.15, -0.1) is 10.2 Å². The van der Waals surface area contributed by atoms with Crippen molar-refractivity contribution < 1.29 is 24.5 Å². The molecular formula is C22H27N5O5. The number of fused-ring (bicyclic) bond motifs is 1. The largest absolute Gasteiger partial charge is 0.483 e. The lowest BCUT2D eigenvalue weighted by Crippen LogP contribution is -2.35. The van der Waals surface area contributed by atoms with Gasteiger partial charge in [-0.1, -0.05) is 36.4 Å². The highest BCUT2D eigenvalue weighted by Gasteiger charge is 2.20. The molecule has 32 heavy (non-hydrogen) atoms. The predicted octanol–water partition coefficient (Wildman–Crippen LogP) is 1.85.